The summed E-state index contributed by atoms with van der Waals surface area (Å²) in [5.74, 6) is 2.55. The highest BCUT2D eigenvalue weighted by atomic mass is 16.1. The van der Waals surface area contributed by atoms with Crippen molar-refractivity contribution in [3.63, 3.8) is 0 Å². The normalized spacial score (nSPS) is 11.3. The molecule has 0 aliphatic heterocycles. The number of aryl methyl sites for hydroxylation is 2. The van der Waals surface area contributed by atoms with Crippen LogP contribution in [0.2, 0.25) is 0 Å². The standard InChI is InChI=1S/C26H25NO/c1-5-21-12-14-25(15-13-21)27-19(3)16-24(20(27)4)18-23(6-2)26(28)17-22-10-8-7-9-11-22/h2,7-16,18H,5,17H2,1,3-4H3/b23-18+. The van der Waals surface area contributed by atoms with Gasteiger partial charge in [0.05, 0.1) is 5.57 Å². The Balaban J connectivity index is 1.92. The maximum atomic E-state index is 12.7. The summed E-state index contributed by atoms with van der Waals surface area (Å²) in [6.07, 6.45) is 8.84. The van der Waals surface area contributed by atoms with Gasteiger partial charge in [-0.2, -0.15) is 0 Å². The van der Waals surface area contributed by atoms with Crippen LogP contribution in [0.5, 0.6) is 0 Å². The number of benzene rings is 2. The van der Waals surface area contributed by atoms with Crippen LogP contribution in [0.4, 0.5) is 0 Å². The number of aromatic nitrogens is 1. The summed E-state index contributed by atoms with van der Waals surface area (Å²) >= 11 is 0. The first-order valence-corrected chi connectivity index (χ1v) is 9.57. The van der Waals surface area contributed by atoms with Gasteiger partial charge in [0.2, 0.25) is 0 Å². The Morgan fingerprint density at radius 2 is 1.71 bits per heavy atom. The number of hydrogen-bond acceptors (Lipinski definition) is 1. The van der Waals surface area contributed by atoms with Gasteiger partial charge in [-0.25, -0.2) is 0 Å². The molecule has 2 heteroatoms. The van der Waals surface area contributed by atoms with Crippen molar-refractivity contribution in [1.82, 2.24) is 4.57 Å². The zero-order valence-electron chi connectivity index (χ0n) is 16.7. The molecule has 0 saturated carbocycles. The number of hydrogen-bond donors (Lipinski definition) is 0. The lowest BCUT2D eigenvalue weighted by molar-refractivity contribution is -0.114. The fourth-order valence-corrected chi connectivity index (χ4v) is 3.45. The van der Waals surface area contributed by atoms with Crippen LogP contribution >= 0.6 is 0 Å². The molecular formula is C26H25NO. The van der Waals surface area contributed by atoms with Crippen molar-refractivity contribution < 1.29 is 4.79 Å². The number of ketones is 1. The molecule has 0 aliphatic carbocycles. The van der Waals surface area contributed by atoms with Gasteiger partial charge in [-0.05, 0) is 61.2 Å². The Labute approximate surface area is 167 Å². The molecule has 0 unspecified atom stereocenters. The van der Waals surface area contributed by atoms with Gasteiger partial charge in [0.15, 0.2) is 5.78 Å². The maximum Gasteiger partial charge on any atom is 0.175 e. The van der Waals surface area contributed by atoms with Gasteiger partial charge in [-0.1, -0.05) is 55.3 Å². The molecule has 1 aromatic heterocycles. The summed E-state index contributed by atoms with van der Waals surface area (Å²) in [6.45, 7) is 6.28. The van der Waals surface area contributed by atoms with Crippen LogP contribution in [0.3, 0.4) is 0 Å². The third-order valence-corrected chi connectivity index (χ3v) is 5.04. The summed E-state index contributed by atoms with van der Waals surface area (Å²) < 4.78 is 2.20. The third kappa shape index (κ3) is 4.15. The SMILES string of the molecule is C#C/C(=C\c1cc(C)n(-c2ccc(CC)cc2)c1C)C(=O)Cc1ccccc1. The Kier molecular flexibility index (Phi) is 5.96. The molecule has 0 saturated heterocycles. The van der Waals surface area contributed by atoms with E-state index < -0.39 is 0 Å². The van der Waals surface area contributed by atoms with E-state index in [1.54, 1.807) is 0 Å². The van der Waals surface area contributed by atoms with Crippen LogP contribution in [0.25, 0.3) is 11.8 Å². The van der Waals surface area contributed by atoms with E-state index in [4.69, 9.17) is 6.42 Å². The van der Waals surface area contributed by atoms with Crippen LogP contribution in [0, 0.1) is 26.2 Å². The van der Waals surface area contributed by atoms with E-state index in [1.807, 2.05) is 36.4 Å². The Morgan fingerprint density at radius 3 is 2.32 bits per heavy atom. The van der Waals surface area contributed by atoms with Crippen molar-refractivity contribution in [2.75, 3.05) is 0 Å². The lowest BCUT2D eigenvalue weighted by atomic mass is 10.0. The second kappa shape index (κ2) is 8.59. The predicted molar refractivity (Wildman–Crippen MR) is 117 cm³/mol. The first-order chi connectivity index (χ1) is 13.5. The molecule has 0 fully saturated rings. The van der Waals surface area contributed by atoms with E-state index >= 15 is 0 Å². The molecule has 2 nitrogen and oxygen atoms in total. The fourth-order valence-electron chi connectivity index (χ4n) is 3.45. The molecule has 3 aromatic rings. The van der Waals surface area contributed by atoms with E-state index in [9.17, 15) is 4.79 Å². The molecule has 140 valence electrons. The minimum absolute atomic E-state index is 0.0363. The summed E-state index contributed by atoms with van der Waals surface area (Å²) in [6, 6.07) is 20.3. The molecule has 2 aromatic carbocycles. The second-order valence-electron chi connectivity index (χ2n) is 6.97. The molecular weight excluding hydrogens is 342 g/mol. The molecule has 0 amide bonds. The van der Waals surface area contributed by atoms with Crippen molar-refractivity contribution in [3.05, 3.63) is 94.3 Å². The van der Waals surface area contributed by atoms with E-state index in [2.05, 4.69) is 61.6 Å². The van der Waals surface area contributed by atoms with Gasteiger partial charge in [0, 0.05) is 23.5 Å². The van der Waals surface area contributed by atoms with Crippen molar-refractivity contribution in [2.24, 2.45) is 0 Å². The van der Waals surface area contributed by atoms with Gasteiger partial charge in [0.1, 0.15) is 0 Å². The molecule has 0 atom stereocenters. The zero-order chi connectivity index (χ0) is 20.1. The Morgan fingerprint density at radius 1 is 1.04 bits per heavy atom. The third-order valence-electron chi connectivity index (χ3n) is 5.04. The number of Topliss-reactive ketones (excluding diaryl/α,β-unsaturated/α-hetero) is 1. The van der Waals surface area contributed by atoms with Gasteiger partial charge in [0.25, 0.3) is 0 Å². The van der Waals surface area contributed by atoms with Gasteiger partial charge < -0.3 is 4.57 Å². The van der Waals surface area contributed by atoms with E-state index in [0.29, 0.717) is 12.0 Å². The largest absolute Gasteiger partial charge is 0.318 e. The molecule has 0 spiro atoms. The summed E-state index contributed by atoms with van der Waals surface area (Å²) in [4.78, 5) is 12.7. The molecule has 0 radical (unpaired) electrons. The van der Waals surface area contributed by atoms with Crippen LogP contribution in [-0.2, 0) is 17.6 Å². The average Bonchev–Trinajstić information content (AvgIpc) is 3.00. The van der Waals surface area contributed by atoms with Crippen molar-refractivity contribution >= 4 is 11.9 Å². The van der Waals surface area contributed by atoms with Gasteiger partial charge in [-0.15, -0.1) is 6.42 Å². The number of carbonyl (C=O) groups is 1. The molecule has 1 heterocycles. The highest BCUT2D eigenvalue weighted by molar-refractivity contribution is 6.04. The molecule has 28 heavy (non-hydrogen) atoms. The van der Waals surface area contributed by atoms with Gasteiger partial charge in [-0.3, -0.25) is 4.79 Å². The van der Waals surface area contributed by atoms with Crippen LogP contribution in [0.15, 0.2) is 66.2 Å². The lowest BCUT2D eigenvalue weighted by Crippen LogP contribution is -2.05. The second-order valence-corrected chi connectivity index (χ2v) is 6.97. The number of carbonyl (C=O) groups excluding carboxylic acids is 1. The fraction of sp³-hybridized carbons (Fsp3) is 0.192. The van der Waals surface area contributed by atoms with E-state index in [1.165, 1.54) is 5.56 Å². The monoisotopic (exact) mass is 367 g/mol. The Bertz CT molecular complexity index is 1040. The van der Waals surface area contributed by atoms with Crippen molar-refractivity contribution in [1.29, 1.82) is 0 Å². The molecule has 0 N–H and O–H groups in total. The first kappa shape index (κ1) is 19.5. The number of terminal acetylenes is 1. The smallest absolute Gasteiger partial charge is 0.175 e. The van der Waals surface area contributed by atoms with Crippen molar-refractivity contribution in [2.45, 2.75) is 33.6 Å². The summed E-state index contributed by atoms with van der Waals surface area (Å²) in [5, 5.41) is 0. The summed E-state index contributed by atoms with van der Waals surface area (Å²) in [5.41, 5.74) is 6.96. The highest BCUT2D eigenvalue weighted by Gasteiger charge is 2.13. The number of allylic oxidation sites excluding steroid dienone is 1. The summed E-state index contributed by atoms with van der Waals surface area (Å²) in [7, 11) is 0. The maximum absolute atomic E-state index is 12.7. The average molecular weight is 367 g/mol. The van der Waals surface area contributed by atoms with Gasteiger partial charge >= 0.3 is 0 Å². The zero-order valence-corrected chi connectivity index (χ0v) is 16.7. The first-order valence-electron chi connectivity index (χ1n) is 9.57. The number of rotatable bonds is 6. The van der Waals surface area contributed by atoms with Crippen LogP contribution < -0.4 is 0 Å². The lowest BCUT2D eigenvalue weighted by Gasteiger charge is -2.10. The van der Waals surface area contributed by atoms with E-state index in [-0.39, 0.29) is 5.78 Å². The topological polar surface area (TPSA) is 22.0 Å². The predicted octanol–water partition coefficient (Wildman–Crippen LogP) is 5.48. The van der Waals surface area contributed by atoms with Crippen LogP contribution in [-0.4, -0.2) is 10.4 Å². The number of nitrogens with zero attached hydrogens (tertiary/aromatic N) is 1. The molecule has 3 rings (SSSR count). The molecule has 0 aliphatic rings. The van der Waals surface area contributed by atoms with E-state index in [0.717, 1.165) is 34.6 Å². The quantitative estimate of drug-likeness (QED) is 0.417. The van der Waals surface area contributed by atoms with Crippen molar-refractivity contribution in [3.8, 4) is 18.0 Å². The Hall–Kier alpha value is -3.31. The van der Waals surface area contributed by atoms with Crippen LogP contribution in [0.1, 0.15) is 35.0 Å². The minimum Gasteiger partial charge on any atom is -0.318 e. The molecule has 0 bridgehead atoms. The highest BCUT2D eigenvalue weighted by Crippen LogP contribution is 2.23. The minimum atomic E-state index is -0.0363.